The maximum Gasteiger partial charge on any atom is 0.118 e. The molecule has 0 aromatic heterocycles. The molecule has 0 bridgehead atoms. The van der Waals surface area contributed by atoms with Crippen LogP contribution in [0, 0.1) is 0 Å². The number of fused-ring (bicyclic) bond motifs is 3. The predicted octanol–water partition coefficient (Wildman–Crippen LogP) is 3.45. The first-order valence-corrected chi connectivity index (χ1v) is 7.06. The molecule has 1 aliphatic carbocycles. The Balaban J connectivity index is 2.06. The van der Waals surface area contributed by atoms with Crippen LogP contribution >= 0.6 is 0 Å². The molecule has 21 heavy (non-hydrogen) atoms. The molecule has 0 aliphatic heterocycles. The van der Waals surface area contributed by atoms with Crippen molar-refractivity contribution in [3.05, 3.63) is 83.9 Å². The van der Waals surface area contributed by atoms with Gasteiger partial charge in [-0.1, -0.05) is 72.8 Å². The van der Waals surface area contributed by atoms with Crippen LogP contribution in [0.3, 0.4) is 0 Å². The zero-order valence-corrected chi connectivity index (χ0v) is 11.6. The summed E-state index contributed by atoms with van der Waals surface area (Å²) in [5.41, 5.74) is 18.6. The van der Waals surface area contributed by atoms with E-state index in [9.17, 15) is 0 Å². The minimum absolute atomic E-state index is 0.946. The van der Waals surface area contributed by atoms with Gasteiger partial charge in [-0.2, -0.15) is 0 Å². The first kappa shape index (κ1) is 12.3. The second-order valence-electron chi connectivity index (χ2n) is 5.51. The summed E-state index contributed by atoms with van der Waals surface area (Å²) < 4.78 is 0. The lowest BCUT2D eigenvalue weighted by molar-refractivity contribution is 0.585. The summed E-state index contributed by atoms with van der Waals surface area (Å²) in [5, 5.41) is 0. The molecule has 2 nitrogen and oxygen atoms in total. The van der Waals surface area contributed by atoms with Gasteiger partial charge in [0.2, 0.25) is 0 Å². The van der Waals surface area contributed by atoms with Gasteiger partial charge in [-0.3, -0.25) is 0 Å². The highest BCUT2D eigenvalue weighted by atomic mass is 15.0. The molecule has 0 saturated carbocycles. The van der Waals surface area contributed by atoms with Crippen LogP contribution in [0.1, 0.15) is 11.1 Å². The van der Waals surface area contributed by atoms with Gasteiger partial charge in [0, 0.05) is 5.56 Å². The molecule has 0 spiro atoms. The van der Waals surface area contributed by atoms with Crippen molar-refractivity contribution in [2.45, 2.75) is 5.66 Å². The van der Waals surface area contributed by atoms with Crippen LogP contribution in [-0.2, 0) is 5.66 Å². The second kappa shape index (κ2) is 4.29. The zero-order chi connectivity index (χ0) is 14.4. The van der Waals surface area contributed by atoms with E-state index in [1.807, 2.05) is 36.4 Å². The molecule has 4 rings (SSSR count). The van der Waals surface area contributed by atoms with Gasteiger partial charge < -0.3 is 11.5 Å². The summed E-state index contributed by atoms with van der Waals surface area (Å²) in [4.78, 5) is 0. The largest absolute Gasteiger partial charge is 0.306 e. The number of hydrogen-bond acceptors (Lipinski definition) is 2. The van der Waals surface area contributed by atoms with Crippen LogP contribution in [0.2, 0.25) is 0 Å². The van der Waals surface area contributed by atoms with Crippen molar-refractivity contribution in [2.75, 3.05) is 0 Å². The Morgan fingerprint density at radius 1 is 0.571 bits per heavy atom. The SMILES string of the molecule is NC1(N)c2ccccc2-c2cccc(-c3ccccc3)c21. The number of nitrogens with two attached hydrogens (primary N) is 2. The first-order chi connectivity index (χ1) is 10.2. The predicted molar refractivity (Wildman–Crippen MR) is 86.5 cm³/mol. The van der Waals surface area contributed by atoms with Gasteiger partial charge in [-0.15, -0.1) is 0 Å². The summed E-state index contributed by atoms with van der Waals surface area (Å²) >= 11 is 0. The van der Waals surface area contributed by atoms with Crippen molar-refractivity contribution in [3.8, 4) is 22.3 Å². The standard InChI is InChI=1S/C19H16N2/c20-19(21)17-12-5-4-9-15(17)16-11-6-10-14(18(16)19)13-7-2-1-3-8-13/h1-12H,20-21H2. The van der Waals surface area contributed by atoms with Crippen LogP contribution < -0.4 is 11.5 Å². The first-order valence-electron chi connectivity index (χ1n) is 7.06. The third kappa shape index (κ3) is 1.67. The average Bonchev–Trinajstić information content (AvgIpc) is 2.77. The van der Waals surface area contributed by atoms with Gasteiger partial charge in [-0.05, 0) is 27.8 Å². The fraction of sp³-hybridized carbons (Fsp3) is 0.0526. The maximum absolute atomic E-state index is 6.52. The van der Waals surface area contributed by atoms with Crippen LogP contribution in [0.15, 0.2) is 72.8 Å². The topological polar surface area (TPSA) is 52.0 Å². The van der Waals surface area contributed by atoms with Crippen molar-refractivity contribution in [1.29, 1.82) is 0 Å². The van der Waals surface area contributed by atoms with Gasteiger partial charge in [-0.25, -0.2) is 0 Å². The Hall–Kier alpha value is -2.42. The van der Waals surface area contributed by atoms with E-state index < -0.39 is 5.66 Å². The molecule has 0 fully saturated rings. The molecule has 4 N–H and O–H groups in total. The highest BCUT2D eigenvalue weighted by Crippen LogP contribution is 2.47. The van der Waals surface area contributed by atoms with E-state index >= 15 is 0 Å². The van der Waals surface area contributed by atoms with Gasteiger partial charge in [0.1, 0.15) is 5.66 Å². The molecule has 3 aromatic rings. The lowest BCUT2D eigenvalue weighted by atomic mass is 9.90. The van der Waals surface area contributed by atoms with Crippen molar-refractivity contribution in [2.24, 2.45) is 11.5 Å². The monoisotopic (exact) mass is 272 g/mol. The molecule has 0 saturated heterocycles. The van der Waals surface area contributed by atoms with Crippen molar-refractivity contribution >= 4 is 0 Å². The molecule has 0 unspecified atom stereocenters. The Bertz CT molecular complexity index is 820. The summed E-state index contributed by atoms with van der Waals surface area (Å²) in [5.74, 6) is 0. The smallest absolute Gasteiger partial charge is 0.118 e. The molecule has 3 aromatic carbocycles. The molecule has 102 valence electrons. The van der Waals surface area contributed by atoms with Gasteiger partial charge in [0.05, 0.1) is 0 Å². The minimum Gasteiger partial charge on any atom is -0.306 e. The highest BCUT2D eigenvalue weighted by molar-refractivity contribution is 5.87. The Labute approximate surface area is 124 Å². The van der Waals surface area contributed by atoms with E-state index in [-0.39, 0.29) is 0 Å². The lowest BCUT2D eigenvalue weighted by Gasteiger charge is -2.24. The zero-order valence-electron chi connectivity index (χ0n) is 11.6. The summed E-state index contributed by atoms with van der Waals surface area (Å²) in [6, 6.07) is 24.6. The summed E-state index contributed by atoms with van der Waals surface area (Å²) in [6.07, 6.45) is 0. The fourth-order valence-corrected chi connectivity index (χ4v) is 3.29. The van der Waals surface area contributed by atoms with Crippen molar-refractivity contribution in [1.82, 2.24) is 0 Å². The Morgan fingerprint density at radius 2 is 1.19 bits per heavy atom. The van der Waals surface area contributed by atoms with Crippen LogP contribution in [0.4, 0.5) is 0 Å². The van der Waals surface area contributed by atoms with E-state index in [0.717, 1.165) is 33.4 Å². The van der Waals surface area contributed by atoms with E-state index in [4.69, 9.17) is 11.5 Å². The molecule has 0 radical (unpaired) electrons. The third-order valence-electron chi connectivity index (χ3n) is 4.23. The molecular formula is C19H16N2. The number of benzene rings is 3. The van der Waals surface area contributed by atoms with E-state index in [1.54, 1.807) is 0 Å². The van der Waals surface area contributed by atoms with Crippen molar-refractivity contribution in [3.63, 3.8) is 0 Å². The minimum atomic E-state index is -0.946. The summed E-state index contributed by atoms with van der Waals surface area (Å²) in [7, 11) is 0. The number of hydrogen-bond donors (Lipinski definition) is 2. The van der Waals surface area contributed by atoms with Crippen LogP contribution in [-0.4, -0.2) is 0 Å². The van der Waals surface area contributed by atoms with Crippen molar-refractivity contribution < 1.29 is 0 Å². The van der Waals surface area contributed by atoms with Gasteiger partial charge >= 0.3 is 0 Å². The third-order valence-corrected chi connectivity index (χ3v) is 4.23. The van der Waals surface area contributed by atoms with E-state index in [0.29, 0.717) is 0 Å². The van der Waals surface area contributed by atoms with Gasteiger partial charge in [0.15, 0.2) is 0 Å². The molecule has 0 atom stereocenters. The molecule has 0 heterocycles. The fourth-order valence-electron chi connectivity index (χ4n) is 3.29. The second-order valence-corrected chi connectivity index (χ2v) is 5.51. The molecule has 0 amide bonds. The average molecular weight is 272 g/mol. The van der Waals surface area contributed by atoms with Gasteiger partial charge in [0.25, 0.3) is 0 Å². The normalized spacial score (nSPS) is 14.6. The number of rotatable bonds is 1. The summed E-state index contributed by atoms with van der Waals surface area (Å²) in [6.45, 7) is 0. The lowest BCUT2D eigenvalue weighted by Crippen LogP contribution is -2.45. The van der Waals surface area contributed by atoms with E-state index in [2.05, 4.69) is 36.4 Å². The van der Waals surface area contributed by atoms with E-state index in [1.165, 1.54) is 0 Å². The van der Waals surface area contributed by atoms with Crippen LogP contribution in [0.5, 0.6) is 0 Å². The molecule has 1 aliphatic rings. The Kier molecular flexibility index (Phi) is 2.52. The molecular weight excluding hydrogens is 256 g/mol. The molecule has 2 heteroatoms. The highest BCUT2D eigenvalue weighted by Gasteiger charge is 2.38. The quantitative estimate of drug-likeness (QED) is 0.667. The maximum atomic E-state index is 6.52. The Morgan fingerprint density at radius 3 is 2.00 bits per heavy atom. The van der Waals surface area contributed by atoms with Crippen LogP contribution in [0.25, 0.3) is 22.3 Å².